The Kier molecular flexibility index (Phi) is 3.23. The van der Waals surface area contributed by atoms with E-state index in [0.717, 1.165) is 11.3 Å². The van der Waals surface area contributed by atoms with Crippen molar-refractivity contribution < 1.29 is 9.53 Å². The average molecular weight is 324 g/mol. The molecule has 2 aromatic rings. The Morgan fingerprint density at radius 1 is 1.38 bits per heavy atom. The van der Waals surface area contributed by atoms with Crippen molar-refractivity contribution >= 4 is 6.03 Å². The number of urea groups is 1. The molecule has 24 heavy (non-hydrogen) atoms. The molecule has 2 amide bonds. The standard InChI is InChI=1S/C18H20N4O2/c1-11(2)12-4-5-15-13(8-12)14-9-18(24-15,22(3)17(23)21-14)16-10-19-6-7-20-16/h4-8,10-11,14H,9H2,1-3H3,(H,21,23). The molecule has 1 aromatic carbocycles. The summed E-state index contributed by atoms with van der Waals surface area (Å²) in [5, 5.41) is 3.07. The van der Waals surface area contributed by atoms with Crippen molar-refractivity contribution in [1.29, 1.82) is 0 Å². The summed E-state index contributed by atoms with van der Waals surface area (Å²) >= 11 is 0. The molecular weight excluding hydrogens is 304 g/mol. The maximum Gasteiger partial charge on any atom is 0.321 e. The van der Waals surface area contributed by atoms with E-state index in [4.69, 9.17) is 4.74 Å². The number of rotatable bonds is 2. The van der Waals surface area contributed by atoms with Crippen LogP contribution in [0.25, 0.3) is 0 Å². The first-order valence-electron chi connectivity index (χ1n) is 8.15. The normalized spacial score (nSPS) is 25.1. The van der Waals surface area contributed by atoms with Crippen molar-refractivity contribution in [2.75, 3.05) is 7.05 Å². The van der Waals surface area contributed by atoms with Gasteiger partial charge >= 0.3 is 6.03 Å². The van der Waals surface area contributed by atoms with Gasteiger partial charge in [-0.1, -0.05) is 19.9 Å². The predicted molar refractivity (Wildman–Crippen MR) is 88.5 cm³/mol. The number of carbonyl (C=O) groups is 1. The van der Waals surface area contributed by atoms with Crippen molar-refractivity contribution in [2.24, 2.45) is 0 Å². The maximum atomic E-state index is 12.5. The SMILES string of the molecule is CC(C)c1ccc2c(c1)C1CC(c3cnccn3)(O2)N(C)C(=O)N1. The Morgan fingerprint density at radius 3 is 2.92 bits per heavy atom. The zero-order valence-electron chi connectivity index (χ0n) is 14.0. The highest BCUT2D eigenvalue weighted by atomic mass is 16.5. The lowest BCUT2D eigenvalue weighted by atomic mass is 9.86. The van der Waals surface area contributed by atoms with Gasteiger partial charge in [-0.15, -0.1) is 0 Å². The van der Waals surface area contributed by atoms with Crippen LogP contribution in [0.1, 0.15) is 49.0 Å². The summed E-state index contributed by atoms with van der Waals surface area (Å²) in [6.07, 6.45) is 5.51. The summed E-state index contributed by atoms with van der Waals surface area (Å²) < 4.78 is 6.36. The molecule has 1 aromatic heterocycles. The monoisotopic (exact) mass is 324 g/mol. The van der Waals surface area contributed by atoms with Crippen LogP contribution in [-0.4, -0.2) is 27.9 Å². The number of nitrogens with zero attached hydrogens (tertiary/aromatic N) is 3. The number of fused-ring (bicyclic) bond motifs is 4. The van der Waals surface area contributed by atoms with E-state index in [-0.39, 0.29) is 12.1 Å². The fourth-order valence-electron chi connectivity index (χ4n) is 3.48. The summed E-state index contributed by atoms with van der Waals surface area (Å²) in [6, 6.07) is 5.94. The van der Waals surface area contributed by atoms with E-state index in [0.29, 0.717) is 18.0 Å². The third-order valence-corrected chi connectivity index (χ3v) is 4.94. The molecule has 2 aliphatic rings. The van der Waals surface area contributed by atoms with E-state index >= 15 is 0 Å². The van der Waals surface area contributed by atoms with Crippen molar-refractivity contribution in [2.45, 2.75) is 38.0 Å². The molecule has 4 rings (SSSR count). The minimum Gasteiger partial charge on any atom is -0.461 e. The van der Waals surface area contributed by atoms with Gasteiger partial charge in [0.2, 0.25) is 5.72 Å². The number of nitrogens with one attached hydrogen (secondary N) is 1. The van der Waals surface area contributed by atoms with Crippen LogP contribution >= 0.6 is 0 Å². The third kappa shape index (κ3) is 2.06. The Labute approximate surface area is 140 Å². The van der Waals surface area contributed by atoms with Gasteiger partial charge in [-0.2, -0.15) is 0 Å². The molecular formula is C18H20N4O2. The second-order valence-corrected chi connectivity index (χ2v) is 6.69. The molecule has 1 fully saturated rings. The number of hydrogen-bond donors (Lipinski definition) is 1. The first-order chi connectivity index (χ1) is 11.5. The molecule has 0 spiro atoms. The molecule has 2 bridgehead atoms. The maximum absolute atomic E-state index is 12.5. The summed E-state index contributed by atoms with van der Waals surface area (Å²) in [5.41, 5.74) is 1.98. The Hall–Kier alpha value is -2.63. The highest BCUT2D eigenvalue weighted by Gasteiger charge is 2.53. The van der Waals surface area contributed by atoms with Crippen LogP contribution in [0.3, 0.4) is 0 Å². The van der Waals surface area contributed by atoms with E-state index in [9.17, 15) is 4.79 Å². The number of carbonyl (C=O) groups excluding carboxylic acids is 1. The first kappa shape index (κ1) is 14.9. The van der Waals surface area contributed by atoms with Gasteiger partial charge in [-0.25, -0.2) is 4.79 Å². The second kappa shape index (κ2) is 5.19. The fourth-order valence-corrected chi connectivity index (χ4v) is 3.48. The van der Waals surface area contributed by atoms with Gasteiger partial charge < -0.3 is 10.1 Å². The van der Waals surface area contributed by atoms with Gasteiger partial charge in [0, 0.05) is 31.4 Å². The molecule has 6 nitrogen and oxygen atoms in total. The Bertz CT molecular complexity index is 793. The first-order valence-corrected chi connectivity index (χ1v) is 8.15. The smallest absolute Gasteiger partial charge is 0.321 e. The predicted octanol–water partition coefficient (Wildman–Crippen LogP) is 2.93. The number of amides is 2. The number of benzene rings is 1. The van der Waals surface area contributed by atoms with E-state index in [1.54, 1.807) is 30.5 Å². The van der Waals surface area contributed by atoms with Crippen molar-refractivity contribution in [1.82, 2.24) is 20.2 Å². The van der Waals surface area contributed by atoms with Gasteiger partial charge in [0.25, 0.3) is 0 Å². The minimum absolute atomic E-state index is 0.0989. The quantitative estimate of drug-likeness (QED) is 0.922. The van der Waals surface area contributed by atoms with Crippen LogP contribution in [0.2, 0.25) is 0 Å². The molecule has 0 aliphatic carbocycles. The molecule has 1 N–H and O–H groups in total. The lowest BCUT2D eigenvalue weighted by Gasteiger charge is -2.50. The summed E-state index contributed by atoms with van der Waals surface area (Å²) in [7, 11) is 1.73. The van der Waals surface area contributed by atoms with Crippen LogP contribution in [-0.2, 0) is 5.72 Å². The lowest BCUT2D eigenvalue weighted by molar-refractivity contribution is -0.0969. The average Bonchev–Trinajstić information content (AvgIpc) is 2.60. The number of hydrogen-bond acceptors (Lipinski definition) is 4. The number of ether oxygens (including phenoxy) is 1. The Balaban J connectivity index is 1.86. The van der Waals surface area contributed by atoms with Gasteiger partial charge in [0.1, 0.15) is 11.4 Å². The van der Waals surface area contributed by atoms with Gasteiger partial charge in [-0.3, -0.25) is 14.9 Å². The van der Waals surface area contributed by atoms with Crippen LogP contribution in [0.15, 0.2) is 36.8 Å². The van der Waals surface area contributed by atoms with Crippen LogP contribution in [0.5, 0.6) is 5.75 Å². The van der Waals surface area contributed by atoms with Crippen molar-refractivity contribution in [3.05, 3.63) is 53.6 Å². The van der Waals surface area contributed by atoms with E-state index in [2.05, 4.69) is 41.3 Å². The molecule has 0 saturated carbocycles. The summed E-state index contributed by atoms with van der Waals surface area (Å²) in [4.78, 5) is 22.6. The van der Waals surface area contributed by atoms with Crippen LogP contribution in [0, 0.1) is 0 Å². The van der Waals surface area contributed by atoms with E-state index < -0.39 is 5.72 Å². The molecule has 1 saturated heterocycles. The van der Waals surface area contributed by atoms with Gasteiger partial charge in [0.15, 0.2) is 0 Å². The zero-order valence-corrected chi connectivity index (χ0v) is 14.0. The zero-order chi connectivity index (χ0) is 16.9. The molecule has 2 atom stereocenters. The van der Waals surface area contributed by atoms with Crippen LogP contribution < -0.4 is 10.1 Å². The molecule has 6 heteroatoms. The molecule has 2 aliphatic heterocycles. The summed E-state index contributed by atoms with van der Waals surface area (Å²) in [6.45, 7) is 4.31. The fraction of sp³-hybridized carbons (Fsp3) is 0.389. The van der Waals surface area contributed by atoms with Gasteiger partial charge in [0.05, 0.1) is 12.2 Å². The van der Waals surface area contributed by atoms with E-state index in [1.807, 2.05) is 6.07 Å². The summed E-state index contributed by atoms with van der Waals surface area (Å²) in [5.74, 6) is 1.21. The van der Waals surface area contributed by atoms with Crippen LogP contribution in [0.4, 0.5) is 4.79 Å². The molecule has 3 heterocycles. The topological polar surface area (TPSA) is 67.4 Å². The molecule has 2 unspecified atom stereocenters. The largest absolute Gasteiger partial charge is 0.461 e. The second-order valence-electron chi connectivity index (χ2n) is 6.69. The lowest BCUT2D eigenvalue weighted by Crippen LogP contribution is -2.62. The van der Waals surface area contributed by atoms with Crippen molar-refractivity contribution in [3.8, 4) is 5.75 Å². The minimum atomic E-state index is -0.923. The van der Waals surface area contributed by atoms with Crippen molar-refractivity contribution in [3.63, 3.8) is 0 Å². The Morgan fingerprint density at radius 2 is 2.21 bits per heavy atom. The number of aromatic nitrogens is 2. The molecule has 124 valence electrons. The third-order valence-electron chi connectivity index (χ3n) is 4.94. The molecule has 0 radical (unpaired) electrons. The highest BCUT2D eigenvalue weighted by Crippen LogP contribution is 2.48. The highest BCUT2D eigenvalue weighted by molar-refractivity contribution is 5.77. The van der Waals surface area contributed by atoms with Gasteiger partial charge in [-0.05, 0) is 23.6 Å². The van der Waals surface area contributed by atoms with E-state index in [1.165, 1.54) is 5.56 Å².